The molecular weight excluding hydrogens is 262 g/mol. The van der Waals surface area contributed by atoms with E-state index >= 15 is 0 Å². The summed E-state index contributed by atoms with van der Waals surface area (Å²) in [7, 11) is 0. The number of piperidine rings is 1. The van der Waals surface area contributed by atoms with Gasteiger partial charge in [-0.2, -0.15) is 8.78 Å². The van der Waals surface area contributed by atoms with Crippen LogP contribution in [0, 0.1) is 5.92 Å². The molecule has 0 aliphatic carbocycles. The van der Waals surface area contributed by atoms with Crippen LogP contribution < -0.4 is 10.5 Å². The Morgan fingerprint density at radius 1 is 1.35 bits per heavy atom. The highest BCUT2D eigenvalue weighted by molar-refractivity contribution is 5.27. The fourth-order valence-corrected chi connectivity index (χ4v) is 2.76. The third-order valence-corrected chi connectivity index (χ3v) is 3.91. The molecule has 0 spiro atoms. The molecule has 2 unspecified atom stereocenters. The number of rotatable bonds is 5. The zero-order chi connectivity index (χ0) is 14.5. The molecular formula is C15H22F2N2O. The molecule has 112 valence electrons. The van der Waals surface area contributed by atoms with E-state index in [9.17, 15) is 8.78 Å². The quantitative estimate of drug-likeness (QED) is 0.903. The van der Waals surface area contributed by atoms with Crippen molar-refractivity contribution in [2.24, 2.45) is 11.7 Å². The first-order valence-corrected chi connectivity index (χ1v) is 7.06. The van der Waals surface area contributed by atoms with Gasteiger partial charge in [0.1, 0.15) is 5.75 Å². The van der Waals surface area contributed by atoms with Crippen LogP contribution in [-0.4, -0.2) is 30.6 Å². The number of benzene rings is 1. The first-order valence-electron chi connectivity index (χ1n) is 7.06. The fourth-order valence-electron chi connectivity index (χ4n) is 2.76. The van der Waals surface area contributed by atoms with E-state index in [0.717, 1.165) is 31.0 Å². The van der Waals surface area contributed by atoms with Crippen LogP contribution in [0.3, 0.4) is 0 Å². The maximum Gasteiger partial charge on any atom is 0.387 e. The predicted molar refractivity (Wildman–Crippen MR) is 74.7 cm³/mol. The van der Waals surface area contributed by atoms with Crippen molar-refractivity contribution >= 4 is 0 Å². The SMILES string of the molecule is CC1CCN(Cc2ccc(OC(F)F)cc2)C(CN)C1. The fraction of sp³-hybridized carbons (Fsp3) is 0.600. The summed E-state index contributed by atoms with van der Waals surface area (Å²) in [5.41, 5.74) is 6.94. The predicted octanol–water partition coefficient (Wildman–Crippen LogP) is 2.85. The molecule has 0 radical (unpaired) electrons. The van der Waals surface area contributed by atoms with E-state index in [0.29, 0.717) is 12.6 Å². The van der Waals surface area contributed by atoms with Gasteiger partial charge in [-0.15, -0.1) is 0 Å². The lowest BCUT2D eigenvalue weighted by Crippen LogP contribution is -2.45. The Kier molecular flexibility index (Phi) is 5.31. The minimum atomic E-state index is -2.77. The van der Waals surface area contributed by atoms with E-state index in [-0.39, 0.29) is 5.75 Å². The first kappa shape index (κ1) is 15.2. The van der Waals surface area contributed by atoms with Crippen molar-refractivity contribution in [3.8, 4) is 5.75 Å². The van der Waals surface area contributed by atoms with Gasteiger partial charge in [0, 0.05) is 19.1 Å². The van der Waals surface area contributed by atoms with Gasteiger partial charge in [0.15, 0.2) is 0 Å². The Morgan fingerprint density at radius 2 is 2.05 bits per heavy atom. The van der Waals surface area contributed by atoms with Gasteiger partial charge in [0.25, 0.3) is 0 Å². The Balaban J connectivity index is 1.95. The Labute approximate surface area is 118 Å². The molecule has 0 amide bonds. The summed E-state index contributed by atoms with van der Waals surface area (Å²) in [5.74, 6) is 0.924. The summed E-state index contributed by atoms with van der Waals surface area (Å²) in [6, 6.07) is 7.26. The zero-order valence-electron chi connectivity index (χ0n) is 11.8. The Bertz CT molecular complexity index is 411. The first-order chi connectivity index (χ1) is 9.58. The Morgan fingerprint density at radius 3 is 2.65 bits per heavy atom. The number of ether oxygens (including phenoxy) is 1. The summed E-state index contributed by atoms with van der Waals surface area (Å²) in [6.07, 6.45) is 2.31. The molecule has 5 heteroatoms. The van der Waals surface area contributed by atoms with E-state index in [4.69, 9.17) is 5.73 Å². The topological polar surface area (TPSA) is 38.5 Å². The zero-order valence-corrected chi connectivity index (χ0v) is 11.8. The van der Waals surface area contributed by atoms with Gasteiger partial charge in [-0.25, -0.2) is 0 Å². The molecule has 1 saturated heterocycles. The number of likely N-dealkylation sites (tertiary alicyclic amines) is 1. The monoisotopic (exact) mass is 284 g/mol. The molecule has 0 bridgehead atoms. The van der Waals surface area contributed by atoms with Crippen molar-refractivity contribution < 1.29 is 13.5 Å². The summed E-state index contributed by atoms with van der Waals surface area (Å²) in [4.78, 5) is 2.38. The molecule has 20 heavy (non-hydrogen) atoms. The van der Waals surface area contributed by atoms with E-state index in [1.54, 1.807) is 12.1 Å². The number of halogens is 2. The number of hydrogen-bond acceptors (Lipinski definition) is 3. The summed E-state index contributed by atoms with van der Waals surface area (Å²) in [5, 5.41) is 0. The average molecular weight is 284 g/mol. The van der Waals surface area contributed by atoms with Crippen molar-refractivity contribution in [3.05, 3.63) is 29.8 Å². The van der Waals surface area contributed by atoms with Crippen LogP contribution in [0.5, 0.6) is 5.75 Å². The molecule has 3 nitrogen and oxygen atoms in total. The second-order valence-electron chi connectivity index (χ2n) is 5.51. The minimum absolute atomic E-state index is 0.200. The van der Waals surface area contributed by atoms with E-state index in [2.05, 4.69) is 16.6 Å². The van der Waals surface area contributed by atoms with Crippen LogP contribution in [0.15, 0.2) is 24.3 Å². The van der Waals surface area contributed by atoms with Crippen molar-refractivity contribution in [2.45, 2.75) is 39.0 Å². The number of nitrogens with zero attached hydrogens (tertiary/aromatic N) is 1. The van der Waals surface area contributed by atoms with E-state index in [1.165, 1.54) is 6.42 Å². The highest BCUT2D eigenvalue weighted by atomic mass is 19.3. The lowest BCUT2D eigenvalue weighted by Gasteiger charge is -2.38. The van der Waals surface area contributed by atoms with Crippen LogP contribution >= 0.6 is 0 Å². The lowest BCUT2D eigenvalue weighted by molar-refractivity contribution is -0.0498. The van der Waals surface area contributed by atoms with Gasteiger partial charge >= 0.3 is 6.61 Å². The summed E-state index contributed by atoms with van der Waals surface area (Å²) >= 11 is 0. The largest absolute Gasteiger partial charge is 0.435 e. The number of hydrogen-bond donors (Lipinski definition) is 1. The molecule has 1 aromatic rings. The maximum absolute atomic E-state index is 12.1. The molecule has 2 N–H and O–H groups in total. The van der Waals surface area contributed by atoms with Crippen LogP contribution in [0.1, 0.15) is 25.3 Å². The molecule has 1 aliphatic rings. The highest BCUT2D eigenvalue weighted by Crippen LogP contribution is 2.24. The summed E-state index contributed by atoms with van der Waals surface area (Å²) < 4.78 is 28.5. The van der Waals surface area contributed by atoms with Crippen LogP contribution in [0.25, 0.3) is 0 Å². The number of nitrogens with two attached hydrogens (primary N) is 1. The average Bonchev–Trinajstić information content (AvgIpc) is 2.42. The van der Waals surface area contributed by atoms with Crippen molar-refractivity contribution in [1.82, 2.24) is 4.90 Å². The molecule has 0 aromatic heterocycles. The number of alkyl halides is 2. The summed E-state index contributed by atoms with van der Waals surface area (Å²) in [6.45, 7) is 2.00. The van der Waals surface area contributed by atoms with Crippen molar-refractivity contribution in [2.75, 3.05) is 13.1 Å². The smallest absolute Gasteiger partial charge is 0.387 e. The molecule has 1 fully saturated rings. The molecule has 1 aromatic carbocycles. The second-order valence-corrected chi connectivity index (χ2v) is 5.51. The highest BCUT2D eigenvalue weighted by Gasteiger charge is 2.25. The third-order valence-electron chi connectivity index (χ3n) is 3.91. The van der Waals surface area contributed by atoms with Gasteiger partial charge in [0.2, 0.25) is 0 Å². The van der Waals surface area contributed by atoms with Crippen LogP contribution in [0.4, 0.5) is 8.78 Å². The normalized spacial score (nSPS) is 24.1. The second kappa shape index (κ2) is 6.99. The van der Waals surface area contributed by atoms with Gasteiger partial charge in [-0.05, 0) is 43.0 Å². The van der Waals surface area contributed by atoms with Crippen LogP contribution in [0.2, 0.25) is 0 Å². The molecule has 2 rings (SSSR count). The Hall–Kier alpha value is -1.20. The van der Waals surface area contributed by atoms with E-state index < -0.39 is 6.61 Å². The van der Waals surface area contributed by atoms with Crippen LogP contribution in [-0.2, 0) is 6.54 Å². The van der Waals surface area contributed by atoms with Crippen molar-refractivity contribution in [1.29, 1.82) is 0 Å². The maximum atomic E-state index is 12.1. The lowest BCUT2D eigenvalue weighted by atomic mass is 9.92. The standard InChI is InChI=1S/C15H22F2N2O/c1-11-6-7-19(13(8-11)9-18)10-12-2-4-14(5-3-12)20-15(16)17/h2-5,11,13,15H,6-10,18H2,1H3. The molecule has 0 saturated carbocycles. The third kappa shape index (κ3) is 4.15. The minimum Gasteiger partial charge on any atom is -0.435 e. The molecule has 1 heterocycles. The van der Waals surface area contributed by atoms with E-state index in [1.807, 2.05) is 12.1 Å². The molecule has 1 aliphatic heterocycles. The van der Waals surface area contributed by atoms with Gasteiger partial charge in [0.05, 0.1) is 0 Å². The van der Waals surface area contributed by atoms with Gasteiger partial charge in [-0.1, -0.05) is 19.1 Å². The molecule has 2 atom stereocenters. The van der Waals surface area contributed by atoms with Gasteiger partial charge in [-0.3, -0.25) is 4.90 Å². The van der Waals surface area contributed by atoms with Gasteiger partial charge < -0.3 is 10.5 Å². The van der Waals surface area contributed by atoms with Crippen molar-refractivity contribution in [3.63, 3.8) is 0 Å².